The van der Waals surface area contributed by atoms with Crippen LogP contribution in [0.5, 0.6) is 5.75 Å². The molecule has 2 aliphatic heterocycles. The SMILES string of the molecule is CN1CCC2(CC1)CC(N)c1ccccc1O2. The van der Waals surface area contributed by atoms with Gasteiger partial charge in [0.2, 0.25) is 0 Å². The molecular formula is C14H20N2O. The first-order chi connectivity index (χ1) is 8.19. The van der Waals surface area contributed by atoms with E-state index in [0.29, 0.717) is 0 Å². The number of piperidine rings is 1. The van der Waals surface area contributed by atoms with Crippen molar-refractivity contribution >= 4 is 0 Å². The summed E-state index contributed by atoms with van der Waals surface area (Å²) in [6, 6.07) is 8.33. The van der Waals surface area contributed by atoms with Crippen LogP contribution >= 0.6 is 0 Å². The molecule has 1 fully saturated rings. The highest BCUT2D eigenvalue weighted by atomic mass is 16.5. The highest BCUT2D eigenvalue weighted by Gasteiger charge is 2.41. The number of fused-ring (bicyclic) bond motifs is 1. The smallest absolute Gasteiger partial charge is 0.124 e. The zero-order chi connectivity index (χ0) is 11.9. The van der Waals surface area contributed by atoms with Gasteiger partial charge >= 0.3 is 0 Å². The van der Waals surface area contributed by atoms with Crippen LogP contribution in [0.15, 0.2) is 24.3 Å². The van der Waals surface area contributed by atoms with Crippen LogP contribution in [0.1, 0.15) is 30.9 Å². The van der Waals surface area contributed by atoms with Gasteiger partial charge in [0.05, 0.1) is 0 Å². The highest BCUT2D eigenvalue weighted by Crippen LogP contribution is 2.42. The first-order valence-corrected chi connectivity index (χ1v) is 6.41. The second kappa shape index (κ2) is 4.00. The van der Waals surface area contributed by atoms with Crippen molar-refractivity contribution in [3.8, 4) is 5.75 Å². The minimum atomic E-state index is -0.0136. The van der Waals surface area contributed by atoms with Crippen LogP contribution in [0, 0.1) is 0 Å². The fraction of sp³-hybridized carbons (Fsp3) is 0.571. The normalized spacial score (nSPS) is 27.5. The summed E-state index contributed by atoms with van der Waals surface area (Å²) in [6.45, 7) is 2.21. The molecule has 0 radical (unpaired) electrons. The Morgan fingerprint density at radius 2 is 2.00 bits per heavy atom. The molecule has 0 amide bonds. The Hall–Kier alpha value is -1.06. The number of hydrogen-bond donors (Lipinski definition) is 1. The van der Waals surface area contributed by atoms with Gasteiger partial charge in [0, 0.05) is 31.1 Å². The highest BCUT2D eigenvalue weighted by molar-refractivity contribution is 5.38. The second-order valence-electron chi connectivity index (χ2n) is 5.44. The van der Waals surface area contributed by atoms with Crippen LogP contribution in [-0.4, -0.2) is 30.6 Å². The zero-order valence-corrected chi connectivity index (χ0v) is 10.4. The summed E-state index contributed by atoms with van der Waals surface area (Å²) in [4.78, 5) is 2.36. The second-order valence-corrected chi connectivity index (χ2v) is 5.44. The summed E-state index contributed by atoms with van der Waals surface area (Å²) in [5.41, 5.74) is 7.44. The average molecular weight is 232 g/mol. The van der Waals surface area contributed by atoms with Crippen LogP contribution in [0.4, 0.5) is 0 Å². The molecule has 2 N–H and O–H groups in total. The van der Waals surface area contributed by atoms with Gasteiger partial charge < -0.3 is 15.4 Å². The molecule has 0 aliphatic carbocycles. The molecule has 3 heteroatoms. The maximum Gasteiger partial charge on any atom is 0.124 e. The molecule has 2 heterocycles. The summed E-state index contributed by atoms with van der Waals surface area (Å²) in [6.07, 6.45) is 3.13. The van der Waals surface area contributed by atoms with E-state index in [9.17, 15) is 0 Å². The third-order valence-electron chi connectivity index (χ3n) is 4.14. The van der Waals surface area contributed by atoms with E-state index in [2.05, 4.69) is 24.1 Å². The van der Waals surface area contributed by atoms with Crippen molar-refractivity contribution in [3.05, 3.63) is 29.8 Å². The molecule has 0 saturated carbocycles. The number of nitrogens with two attached hydrogens (primary N) is 1. The van der Waals surface area contributed by atoms with Crippen LogP contribution < -0.4 is 10.5 Å². The minimum Gasteiger partial charge on any atom is -0.487 e. The minimum absolute atomic E-state index is 0.0136. The molecule has 3 nitrogen and oxygen atoms in total. The Morgan fingerprint density at radius 1 is 1.29 bits per heavy atom. The number of benzene rings is 1. The van der Waals surface area contributed by atoms with Crippen molar-refractivity contribution in [1.29, 1.82) is 0 Å². The quantitative estimate of drug-likeness (QED) is 0.743. The number of ether oxygens (including phenoxy) is 1. The van der Waals surface area contributed by atoms with Crippen LogP contribution in [0.3, 0.4) is 0 Å². The molecule has 1 unspecified atom stereocenters. The maximum atomic E-state index is 6.29. The van der Waals surface area contributed by atoms with Crippen LogP contribution in [0.25, 0.3) is 0 Å². The van der Waals surface area contributed by atoms with E-state index >= 15 is 0 Å². The van der Waals surface area contributed by atoms with Gasteiger partial charge in [0.15, 0.2) is 0 Å². The predicted molar refractivity (Wildman–Crippen MR) is 68.1 cm³/mol. The molecule has 92 valence electrons. The topological polar surface area (TPSA) is 38.5 Å². The van der Waals surface area contributed by atoms with E-state index in [1.54, 1.807) is 0 Å². The molecule has 17 heavy (non-hydrogen) atoms. The standard InChI is InChI=1S/C14H20N2O/c1-16-8-6-14(7-9-16)10-12(15)11-4-2-3-5-13(11)17-14/h2-5,12H,6-10,15H2,1H3. The summed E-state index contributed by atoms with van der Waals surface area (Å²) >= 11 is 0. The zero-order valence-electron chi connectivity index (χ0n) is 10.4. The third kappa shape index (κ3) is 1.94. The van der Waals surface area contributed by atoms with E-state index in [0.717, 1.165) is 43.7 Å². The Balaban J connectivity index is 1.88. The van der Waals surface area contributed by atoms with E-state index in [1.807, 2.05) is 12.1 Å². The van der Waals surface area contributed by atoms with Crippen molar-refractivity contribution in [2.75, 3.05) is 20.1 Å². The molecule has 1 saturated heterocycles. The van der Waals surface area contributed by atoms with E-state index < -0.39 is 0 Å². The van der Waals surface area contributed by atoms with Gasteiger partial charge in [-0.3, -0.25) is 0 Å². The number of rotatable bonds is 0. The summed E-state index contributed by atoms with van der Waals surface area (Å²) in [5.74, 6) is 0.996. The summed E-state index contributed by atoms with van der Waals surface area (Å²) in [5, 5.41) is 0. The Morgan fingerprint density at radius 3 is 2.76 bits per heavy atom. The lowest BCUT2D eigenvalue weighted by Gasteiger charge is -2.45. The van der Waals surface area contributed by atoms with Gasteiger partial charge in [-0.2, -0.15) is 0 Å². The molecule has 0 aromatic heterocycles. The first kappa shape index (κ1) is 11.1. The van der Waals surface area contributed by atoms with Crippen molar-refractivity contribution in [2.24, 2.45) is 5.73 Å². The largest absolute Gasteiger partial charge is 0.487 e. The summed E-state index contributed by atoms with van der Waals surface area (Å²) < 4.78 is 6.27. The van der Waals surface area contributed by atoms with Gasteiger partial charge in [-0.15, -0.1) is 0 Å². The van der Waals surface area contributed by atoms with Crippen LogP contribution in [0.2, 0.25) is 0 Å². The maximum absolute atomic E-state index is 6.29. The number of hydrogen-bond acceptors (Lipinski definition) is 3. The first-order valence-electron chi connectivity index (χ1n) is 6.41. The molecule has 2 aliphatic rings. The molecule has 1 aromatic rings. The molecule has 1 spiro atoms. The van der Waals surface area contributed by atoms with Crippen molar-refractivity contribution in [1.82, 2.24) is 4.90 Å². The van der Waals surface area contributed by atoms with Crippen molar-refractivity contribution in [3.63, 3.8) is 0 Å². The van der Waals surface area contributed by atoms with Crippen LogP contribution in [-0.2, 0) is 0 Å². The van der Waals surface area contributed by atoms with Gasteiger partial charge in [0.1, 0.15) is 11.4 Å². The van der Waals surface area contributed by atoms with Crippen molar-refractivity contribution < 1.29 is 4.74 Å². The van der Waals surface area contributed by atoms with Gasteiger partial charge in [0.25, 0.3) is 0 Å². The van der Waals surface area contributed by atoms with Gasteiger partial charge in [-0.25, -0.2) is 0 Å². The van der Waals surface area contributed by atoms with E-state index in [4.69, 9.17) is 10.5 Å². The molecule has 0 bridgehead atoms. The lowest BCUT2D eigenvalue weighted by Crippen LogP contribution is -2.50. The van der Waals surface area contributed by atoms with Crippen molar-refractivity contribution in [2.45, 2.75) is 30.9 Å². The lowest BCUT2D eigenvalue weighted by atomic mass is 9.81. The monoisotopic (exact) mass is 232 g/mol. The molecule has 3 rings (SSSR count). The Kier molecular flexibility index (Phi) is 2.60. The van der Waals surface area contributed by atoms with E-state index in [-0.39, 0.29) is 11.6 Å². The number of para-hydroxylation sites is 1. The van der Waals surface area contributed by atoms with E-state index in [1.165, 1.54) is 0 Å². The fourth-order valence-corrected chi connectivity index (χ4v) is 3.00. The van der Waals surface area contributed by atoms with Gasteiger partial charge in [-0.05, 0) is 26.0 Å². The predicted octanol–water partition coefficient (Wildman–Crippen LogP) is 1.93. The third-order valence-corrected chi connectivity index (χ3v) is 4.14. The molecule has 1 atom stereocenters. The molecular weight excluding hydrogens is 212 g/mol. The molecule has 1 aromatic carbocycles. The lowest BCUT2D eigenvalue weighted by molar-refractivity contribution is -0.0163. The fourth-order valence-electron chi connectivity index (χ4n) is 3.00. The number of nitrogens with zero attached hydrogens (tertiary/aromatic N) is 1. The Labute approximate surface area is 103 Å². The Bertz CT molecular complexity index is 410. The summed E-state index contributed by atoms with van der Waals surface area (Å²) in [7, 11) is 2.17. The number of likely N-dealkylation sites (tertiary alicyclic amines) is 1. The van der Waals surface area contributed by atoms with Gasteiger partial charge in [-0.1, -0.05) is 18.2 Å². The average Bonchev–Trinajstić information content (AvgIpc) is 2.34.